The summed E-state index contributed by atoms with van der Waals surface area (Å²) in [6, 6.07) is 13.4. The van der Waals surface area contributed by atoms with Gasteiger partial charge in [0.15, 0.2) is 6.10 Å². The highest BCUT2D eigenvalue weighted by Crippen LogP contribution is 2.27. The van der Waals surface area contributed by atoms with E-state index in [4.69, 9.17) is 14.6 Å². The second kappa shape index (κ2) is 7.42. The highest BCUT2D eigenvalue weighted by molar-refractivity contribution is 5.72. The van der Waals surface area contributed by atoms with E-state index in [0.29, 0.717) is 37.7 Å². The molecule has 0 amide bonds. The Kier molecular flexibility index (Phi) is 5.08. The quantitative estimate of drug-likeness (QED) is 0.913. The van der Waals surface area contributed by atoms with E-state index in [9.17, 15) is 9.18 Å². The van der Waals surface area contributed by atoms with Crippen molar-refractivity contribution in [1.29, 1.82) is 0 Å². The van der Waals surface area contributed by atoms with Gasteiger partial charge in [0.05, 0.1) is 6.61 Å². The predicted molar refractivity (Wildman–Crippen MR) is 85.6 cm³/mol. The van der Waals surface area contributed by atoms with E-state index >= 15 is 0 Å². The smallest absolute Gasteiger partial charge is 0.334 e. The van der Waals surface area contributed by atoms with Crippen LogP contribution < -0.4 is 4.74 Å². The number of aliphatic carboxylic acids is 1. The van der Waals surface area contributed by atoms with Gasteiger partial charge < -0.3 is 14.6 Å². The van der Waals surface area contributed by atoms with Gasteiger partial charge in [-0.25, -0.2) is 9.18 Å². The molecule has 1 aliphatic heterocycles. The fraction of sp³-hybridized carbons (Fsp3) is 0.278. The maximum atomic E-state index is 13.3. The molecule has 1 fully saturated rings. The lowest BCUT2D eigenvalue weighted by Gasteiger charge is -2.31. The second-order valence-electron chi connectivity index (χ2n) is 5.60. The predicted octanol–water partition coefficient (Wildman–Crippen LogP) is 2.90. The van der Waals surface area contributed by atoms with Gasteiger partial charge in [-0.15, -0.1) is 0 Å². The molecule has 0 aliphatic carbocycles. The van der Waals surface area contributed by atoms with Crippen molar-refractivity contribution in [2.24, 2.45) is 0 Å². The summed E-state index contributed by atoms with van der Waals surface area (Å²) in [4.78, 5) is 13.1. The van der Waals surface area contributed by atoms with Crippen LogP contribution in [0.25, 0.3) is 0 Å². The molecule has 0 saturated carbocycles. The molecule has 1 unspecified atom stereocenters. The van der Waals surface area contributed by atoms with Crippen molar-refractivity contribution >= 4 is 5.97 Å². The van der Waals surface area contributed by atoms with E-state index in [1.54, 1.807) is 12.1 Å². The third-order valence-corrected chi connectivity index (χ3v) is 3.82. The van der Waals surface area contributed by atoms with Gasteiger partial charge in [-0.05, 0) is 18.2 Å². The standard InChI is InChI=1S/C18H18FNO4/c19-14-5-3-6-15(10-14)24-16-7-2-1-4-13(16)11-20-8-9-23-17(12-20)18(21)22/h1-7,10,17H,8-9,11-12H2,(H,21,22). The summed E-state index contributed by atoms with van der Waals surface area (Å²) >= 11 is 0. The third kappa shape index (κ3) is 4.10. The topological polar surface area (TPSA) is 59.0 Å². The number of carbonyl (C=O) groups is 1. The normalized spacial score (nSPS) is 18.3. The van der Waals surface area contributed by atoms with Crippen LogP contribution in [0.5, 0.6) is 11.5 Å². The number of halogens is 1. The average Bonchev–Trinajstić information content (AvgIpc) is 2.57. The highest BCUT2D eigenvalue weighted by atomic mass is 19.1. The molecule has 6 heteroatoms. The Labute approximate surface area is 139 Å². The summed E-state index contributed by atoms with van der Waals surface area (Å²) < 4.78 is 24.3. The zero-order chi connectivity index (χ0) is 16.9. The molecule has 1 aliphatic rings. The molecular formula is C18H18FNO4. The molecule has 2 aromatic rings. The first-order valence-electron chi connectivity index (χ1n) is 7.70. The second-order valence-corrected chi connectivity index (χ2v) is 5.60. The van der Waals surface area contributed by atoms with Crippen LogP contribution in [0.2, 0.25) is 0 Å². The summed E-state index contributed by atoms with van der Waals surface area (Å²) in [5, 5.41) is 9.09. The monoisotopic (exact) mass is 331 g/mol. The zero-order valence-electron chi connectivity index (χ0n) is 13.0. The fourth-order valence-corrected chi connectivity index (χ4v) is 2.63. The van der Waals surface area contributed by atoms with E-state index in [2.05, 4.69) is 0 Å². The summed E-state index contributed by atoms with van der Waals surface area (Å²) in [5.74, 6) is -0.263. The SMILES string of the molecule is O=C(O)C1CN(Cc2ccccc2Oc2cccc(F)c2)CCO1. The van der Waals surface area contributed by atoms with Crippen molar-refractivity contribution in [3.63, 3.8) is 0 Å². The number of carboxylic acid groups (broad SMARTS) is 1. The molecule has 24 heavy (non-hydrogen) atoms. The summed E-state index contributed by atoms with van der Waals surface area (Å²) in [5.41, 5.74) is 0.910. The molecule has 3 rings (SSSR count). The van der Waals surface area contributed by atoms with E-state index in [1.165, 1.54) is 12.1 Å². The largest absolute Gasteiger partial charge is 0.479 e. The molecule has 0 radical (unpaired) electrons. The Bertz CT molecular complexity index is 722. The zero-order valence-corrected chi connectivity index (χ0v) is 13.0. The van der Waals surface area contributed by atoms with Crippen LogP contribution in [0.4, 0.5) is 4.39 Å². The lowest BCUT2D eigenvalue weighted by atomic mass is 10.1. The van der Waals surface area contributed by atoms with E-state index in [1.807, 2.05) is 29.2 Å². The minimum Gasteiger partial charge on any atom is -0.479 e. The number of hydrogen-bond acceptors (Lipinski definition) is 4. The molecule has 0 bridgehead atoms. The number of morpholine rings is 1. The first kappa shape index (κ1) is 16.4. The van der Waals surface area contributed by atoms with Gasteiger partial charge in [0, 0.05) is 31.3 Å². The lowest BCUT2D eigenvalue weighted by Crippen LogP contribution is -2.45. The molecule has 1 heterocycles. The molecular weight excluding hydrogens is 313 g/mol. The van der Waals surface area contributed by atoms with Crippen LogP contribution in [0.3, 0.4) is 0 Å². The molecule has 2 aromatic carbocycles. The Hall–Kier alpha value is -2.44. The minimum atomic E-state index is -0.955. The van der Waals surface area contributed by atoms with Gasteiger partial charge in [-0.1, -0.05) is 24.3 Å². The summed E-state index contributed by atoms with van der Waals surface area (Å²) in [7, 11) is 0. The van der Waals surface area contributed by atoms with E-state index < -0.39 is 12.1 Å². The van der Waals surface area contributed by atoms with E-state index in [0.717, 1.165) is 5.56 Å². The molecule has 1 saturated heterocycles. The van der Waals surface area contributed by atoms with Gasteiger partial charge in [-0.3, -0.25) is 4.90 Å². The highest BCUT2D eigenvalue weighted by Gasteiger charge is 2.26. The van der Waals surface area contributed by atoms with Crippen molar-refractivity contribution in [2.75, 3.05) is 19.7 Å². The Morgan fingerprint density at radius 1 is 1.29 bits per heavy atom. The van der Waals surface area contributed by atoms with Crippen LogP contribution in [0.1, 0.15) is 5.56 Å². The Morgan fingerprint density at radius 2 is 2.12 bits per heavy atom. The van der Waals surface area contributed by atoms with Crippen molar-refractivity contribution < 1.29 is 23.8 Å². The molecule has 0 aromatic heterocycles. The van der Waals surface area contributed by atoms with Gasteiger partial charge in [0.1, 0.15) is 17.3 Å². The van der Waals surface area contributed by atoms with E-state index in [-0.39, 0.29) is 5.82 Å². The van der Waals surface area contributed by atoms with Crippen molar-refractivity contribution in [3.05, 3.63) is 59.9 Å². The van der Waals surface area contributed by atoms with Gasteiger partial charge >= 0.3 is 5.97 Å². The van der Waals surface area contributed by atoms with Crippen LogP contribution in [-0.2, 0) is 16.1 Å². The lowest BCUT2D eigenvalue weighted by molar-refractivity contribution is -0.156. The maximum absolute atomic E-state index is 13.3. The van der Waals surface area contributed by atoms with Crippen molar-refractivity contribution in [1.82, 2.24) is 4.90 Å². The average molecular weight is 331 g/mol. The Balaban J connectivity index is 1.73. The van der Waals surface area contributed by atoms with Crippen LogP contribution in [0.15, 0.2) is 48.5 Å². The van der Waals surface area contributed by atoms with Crippen LogP contribution in [0, 0.1) is 5.82 Å². The number of benzene rings is 2. The number of carboxylic acids is 1. The molecule has 0 spiro atoms. The molecule has 1 atom stereocenters. The minimum absolute atomic E-state index is 0.323. The van der Waals surface area contributed by atoms with Gasteiger partial charge in [0.2, 0.25) is 0 Å². The number of para-hydroxylation sites is 1. The van der Waals surface area contributed by atoms with Gasteiger partial charge in [-0.2, -0.15) is 0 Å². The number of nitrogens with zero attached hydrogens (tertiary/aromatic N) is 1. The number of rotatable bonds is 5. The van der Waals surface area contributed by atoms with Crippen LogP contribution >= 0.6 is 0 Å². The maximum Gasteiger partial charge on any atom is 0.334 e. The summed E-state index contributed by atoms with van der Waals surface area (Å²) in [6.07, 6.45) is -0.810. The molecule has 126 valence electrons. The first-order valence-corrected chi connectivity index (χ1v) is 7.70. The first-order chi connectivity index (χ1) is 11.6. The Morgan fingerprint density at radius 3 is 2.92 bits per heavy atom. The van der Waals surface area contributed by atoms with Crippen molar-refractivity contribution in [2.45, 2.75) is 12.6 Å². The summed E-state index contributed by atoms with van der Waals surface area (Å²) in [6.45, 7) is 1.89. The molecule has 1 N–H and O–H groups in total. The number of ether oxygens (including phenoxy) is 2. The van der Waals surface area contributed by atoms with Gasteiger partial charge in [0.25, 0.3) is 0 Å². The van der Waals surface area contributed by atoms with Crippen LogP contribution in [-0.4, -0.2) is 41.8 Å². The number of hydrogen-bond donors (Lipinski definition) is 1. The molecule has 5 nitrogen and oxygen atoms in total. The fourth-order valence-electron chi connectivity index (χ4n) is 2.63. The van der Waals surface area contributed by atoms with Crippen molar-refractivity contribution in [3.8, 4) is 11.5 Å². The third-order valence-electron chi connectivity index (χ3n) is 3.82.